The van der Waals surface area contributed by atoms with Gasteiger partial charge in [0.05, 0.1) is 5.56 Å². The molecule has 2 fully saturated rings. The third kappa shape index (κ3) is 5.05. The summed E-state index contributed by atoms with van der Waals surface area (Å²) in [4.78, 5) is 26.0. The number of ether oxygens (including phenoxy) is 1. The Hall–Kier alpha value is -3.06. The Morgan fingerprint density at radius 2 is 1.78 bits per heavy atom. The number of piperidine rings is 1. The van der Waals surface area contributed by atoms with E-state index in [1.807, 2.05) is 36.4 Å². The van der Waals surface area contributed by atoms with E-state index in [1.165, 1.54) is 0 Å². The van der Waals surface area contributed by atoms with Gasteiger partial charge >= 0.3 is 6.09 Å². The molecule has 2 aromatic rings. The van der Waals surface area contributed by atoms with Crippen LogP contribution in [0.2, 0.25) is 0 Å². The largest absolute Gasteiger partial charge is 0.507 e. The molecule has 32 heavy (non-hydrogen) atoms. The molecule has 4 N–H and O–H groups in total. The van der Waals surface area contributed by atoms with Crippen molar-refractivity contribution in [2.24, 2.45) is 5.73 Å². The molecule has 2 amide bonds. The van der Waals surface area contributed by atoms with Crippen LogP contribution in [0.1, 0.15) is 59.5 Å². The molecule has 170 valence electrons. The third-order valence-electron chi connectivity index (χ3n) is 6.73. The Kier molecular flexibility index (Phi) is 6.95. The quantitative estimate of drug-likeness (QED) is 0.548. The summed E-state index contributed by atoms with van der Waals surface area (Å²) in [5.41, 5.74) is 7.39. The summed E-state index contributed by atoms with van der Waals surface area (Å²) in [7, 11) is 0. The van der Waals surface area contributed by atoms with Crippen molar-refractivity contribution in [2.45, 2.75) is 56.7 Å². The number of rotatable bonds is 8. The van der Waals surface area contributed by atoms with Crippen LogP contribution in [0.3, 0.4) is 0 Å². The van der Waals surface area contributed by atoms with E-state index in [9.17, 15) is 14.7 Å². The Morgan fingerprint density at radius 1 is 1.06 bits per heavy atom. The number of benzene rings is 2. The van der Waals surface area contributed by atoms with Crippen molar-refractivity contribution >= 4 is 12.0 Å². The second-order valence-corrected chi connectivity index (χ2v) is 8.74. The number of carbonyl (C=O) groups excluding carboxylic acids is 2. The molecule has 0 spiro atoms. The standard InChI is InChI=1S/C25H31N3O4/c26-24(30)22-9-4-8-21(23(22)29)18-14-19-10-11-20(15-18)28(19)13-5-12-27-25(31)32-16-17-6-2-1-3-7-17/h1-4,6-9,18-20,29H,5,10-16H2,(H2,26,30)(H,27,31)/t18-,19+,20-. The smallest absolute Gasteiger partial charge is 0.407 e. The fourth-order valence-corrected chi connectivity index (χ4v) is 5.21. The minimum atomic E-state index is -0.598. The van der Waals surface area contributed by atoms with E-state index < -0.39 is 5.91 Å². The maximum Gasteiger partial charge on any atom is 0.407 e. The van der Waals surface area contributed by atoms with Crippen molar-refractivity contribution < 1.29 is 19.4 Å². The summed E-state index contributed by atoms with van der Waals surface area (Å²) in [5.74, 6) is -0.329. The van der Waals surface area contributed by atoms with Crippen LogP contribution in [0.4, 0.5) is 4.79 Å². The van der Waals surface area contributed by atoms with E-state index in [2.05, 4.69) is 10.2 Å². The van der Waals surface area contributed by atoms with E-state index in [-0.39, 0.29) is 29.9 Å². The van der Waals surface area contributed by atoms with Crippen LogP contribution < -0.4 is 11.1 Å². The molecular formula is C25H31N3O4. The van der Waals surface area contributed by atoms with Gasteiger partial charge in [-0.05, 0) is 55.2 Å². The molecule has 0 aliphatic carbocycles. The highest BCUT2D eigenvalue weighted by Crippen LogP contribution is 2.45. The zero-order chi connectivity index (χ0) is 22.5. The lowest BCUT2D eigenvalue weighted by Gasteiger charge is -2.39. The van der Waals surface area contributed by atoms with E-state index in [0.717, 1.165) is 49.8 Å². The summed E-state index contributed by atoms with van der Waals surface area (Å²) >= 11 is 0. The van der Waals surface area contributed by atoms with Crippen LogP contribution in [0.15, 0.2) is 48.5 Å². The summed E-state index contributed by atoms with van der Waals surface area (Å²) < 4.78 is 5.26. The highest BCUT2D eigenvalue weighted by molar-refractivity contribution is 5.96. The molecule has 2 aliphatic rings. The summed E-state index contributed by atoms with van der Waals surface area (Å²) in [6, 6.07) is 15.8. The minimum absolute atomic E-state index is 0.0380. The van der Waals surface area contributed by atoms with Crippen molar-refractivity contribution in [1.82, 2.24) is 10.2 Å². The van der Waals surface area contributed by atoms with Crippen molar-refractivity contribution in [3.63, 3.8) is 0 Å². The minimum Gasteiger partial charge on any atom is -0.507 e. The molecule has 0 unspecified atom stereocenters. The van der Waals surface area contributed by atoms with Crippen molar-refractivity contribution in [3.8, 4) is 5.75 Å². The molecule has 4 rings (SSSR count). The van der Waals surface area contributed by atoms with Crippen molar-refractivity contribution in [2.75, 3.05) is 13.1 Å². The first-order chi connectivity index (χ1) is 15.5. The fraction of sp³-hybridized carbons (Fsp3) is 0.440. The molecule has 0 aromatic heterocycles. The number of aromatic hydroxyl groups is 1. The van der Waals surface area contributed by atoms with Gasteiger partial charge in [-0.2, -0.15) is 0 Å². The number of carbonyl (C=O) groups is 2. The lowest BCUT2D eigenvalue weighted by atomic mass is 9.83. The Balaban J connectivity index is 1.23. The van der Waals surface area contributed by atoms with Gasteiger partial charge in [0.15, 0.2) is 0 Å². The van der Waals surface area contributed by atoms with Gasteiger partial charge in [-0.3, -0.25) is 9.69 Å². The second kappa shape index (κ2) is 10.0. The molecule has 2 aliphatic heterocycles. The van der Waals surface area contributed by atoms with Crippen LogP contribution >= 0.6 is 0 Å². The monoisotopic (exact) mass is 437 g/mol. The topological polar surface area (TPSA) is 105 Å². The second-order valence-electron chi connectivity index (χ2n) is 8.74. The first-order valence-electron chi connectivity index (χ1n) is 11.3. The van der Waals surface area contributed by atoms with Gasteiger partial charge in [-0.25, -0.2) is 4.79 Å². The first kappa shape index (κ1) is 22.1. The molecule has 0 saturated carbocycles. The Bertz CT molecular complexity index is 935. The normalized spacial score (nSPS) is 22.4. The molecular weight excluding hydrogens is 406 g/mol. The van der Waals surface area contributed by atoms with E-state index >= 15 is 0 Å². The van der Waals surface area contributed by atoms with Gasteiger partial charge in [0.2, 0.25) is 0 Å². The van der Waals surface area contributed by atoms with Crippen molar-refractivity contribution in [3.05, 3.63) is 65.2 Å². The molecule has 7 heteroatoms. The number of hydrogen-bond acceptors (Lipinski definition) is 5. The van der Waals surface area contributed by atoms with Crippen molar-refractivity contribution in [1.29, 1.82) is 0 Å². The predicted molar refractivity (Wildman–Crippen MR) is 121 cm³/mol. The number of fused-ring (bicyclic) bond motifs is 2. The number of phenols is 1. The number of nitrogens with one attached hydrogen (secondary N) is 1. The molecule has 3 atom stereocenters. The Labute approximate surface area is 188 Å². The van der Waals surface area contributed by atoms with Gasteiger partial charge in [0, 0.05) is 25.2 Å². The summed E-state index contributed by atoms with van der Waals surface area (Å²) in [6.07, 6.45) is 4.67. The number of hydrogen-bond donors (Lipinski definition) is 3. The number of nitrogens with two attached hydrogens (primary N) is 1. The van der Waals surface area contributed by atoms with E-state index in [4.69, 9.17) is 10.5 Å². The van der Waals surface area contributed by atoms with E-state index in [0.29, 0.717) is 18.6 Å². The highest BCUT2D eigenvalue weighted by atomic mass is 16.5. The molecule has 7 nitrogen and oxygen atoms in total. The lowest BCUT2D eigenvalue weighted by molar-refractivity contribution is 0.0997. The third-order valence-corrected chi connectivity index (χ3v) is 6.73. The van der Waals surface area contributed by atoms with Gasteiger partial charge in [0.1, 0.15) is 12.4 Å². The molecule has 0 radical (unpaired) electrons. The predicted octanol–water partition coefficient (Wildman–Crippen LogP) is 3.52. The average Bonchev–Trinajstić information content (AvgIpc) is 3.02. The van der Waals surface area contributed by atoms with Crippen LogP contribution in [0.25, 0.3) is 0 Å². The lowest BCUT2D eigenvalue weighted by Crippen LogP contribution is -2.43. The number of alkyl carbamates (subject to hydrolysis) is 1. The average molecular weight is 438 g/mol. The zero-order valence-electron chi connectivity index (χ0n) is 18.2. The number of amides is 2. The molecule has 2 saturated heterocycles. The number of para-hydroxylation sites is 1. The molecule has 2 aromatic carbocycles. The van der Waals surface area contributed by atoms with E-state index in [1.54, 1.807) is 12.1 Å². The van der Waals surface area contributed by atoms with Crippen LogP contribution in [0.5, 0.6) is 5.75 Å². The SMILES string of the molecule is NC(=O)c1cccc([C@H]2C[C@H]3CC[C@@H](C2)N3CCCNC(=O)OCc2ccccc2)c1O. The van der Waals surface area contributed by atoms with Crippen LogP contribution in [-0.2, 0) is 11.3 Å². The van der Waals surface area contributed by atoms with Crippen LogP contribution in [0, 0.1) is 0 Å². The zero-order valence-corrected chi connectivity index (χ0v) is 18.2. The maximum atomic E-state index is 11.9. The summed E-state index contributed by atoms with van der Waals surface area (Å²) in [6.45, 7) is 1.77. The highest BCUT2D eigenvalue weighted by Gasteiger charge is 2.41. The first-order valence-corrected chi connectivity index (χ1v) is 11.3. The number of nitrogens with zero attached hydrogens (tertiary/aromatic N) is 1. The number of primary amides is 1. The van der Waals surface area contributed by atoms with Crippen LogP contribution in [-0.4, -0.2) is 47.2 Å². The van der Waals surface area contributed by atoms with Gasteiger partial charge < -0.3 is 20.9 Å². The van der Waals surface area contributed by atoms with Gasteiger partial charge in [0.25, 0.3) is 5.91 Å². The molecule has 2 bridgehead atoms. The maximum absolute atomic E-state index is 11.9. The fourth-order valence-electron chi connectivity index (χ4n) is 5.21. The van der Waals surface area contributed by atoms with Gasteiger partial charge in [-0.1, -0.05) is 42.5 Å². The molecule has 2 heterocycles. The van der Waals surface area contributed by atoms with Gasteiger partial charge in [-0.15, -0.1) is 0 Å². The summed E-state index contributed by atoms with van der Waals surface area (Å²) in [5, 5.41) is 13.4. The Morgan fingerprint density at radius 3 is 2.47 bits per heavy atom.